The molecule has 20 heavy (non-hydrogen) atoms. The van der Waals surface area contributed by atoms with Crippen LogP contribution in [0.5, 0.6) is 0 Å². The summed E-state index contributed by atoms with van der Waals surface area (Å²) in [7, 11) is -3.05. The highest BCUT2D eigenvalue weighted by Gasteiger charge is 2.28. The minimum absolute atomic E-state index is 0.0568. The summed E-state index contributed by atoms with van der Waals surface area (Å²) in [5.41, 5.74) is 0.338. The molecule has 1 aliphatic heterocycles. The second kappa shape index (κ2) is 5.49. The van der Waals surface area contributed by atoms with Crippen LogP contribution in [0.15, 0.2) is 12.4 Å². The van der Waals surface area contributed by atoms with E-state index in [9.17, 15) is 18.0 Å². The normalized spacial score (nSPS) is 20.5. The molecule has 2 amide bonds. The lowest BCUT2D eigenvalue weighted by Crippen LogP contribution is -2.38. The Morgan fingerprint density at radius 1 is 1.50 bits per heavy atom. The van der Waals surface area contributed by atoms with Crippen molar-refractivity contribution in [3.63, 3.8) is 0 Å². The lowest BCUT2D eigenvalue weighted by atomic mass is 10.3. The molecule has 110 valence electrons. The Kier molecular flexibility index (Phi) is 3.93. The molecule has 10 heteroatoms. The molecular formula is C10H14N4O5S. The maximum absolute atomic E-state index is 11.6. The molecule has 0 aromatic carbocycles. The number of hydrogen-bond acceptors (Lipinski definition) is 5. The van der Waals surface area contributed by atoms with Gasteiger partial charge in [-0.3, -0.25) is 9.48 Å². The third kappa shape index (κ3) is 3.95. The molecule has 1 aliphatic rings. The average molecular weight is 302 g/mol. The lowest BCUT2D eigenvalue weighted by molar-refractivity contribution is -0.137. The molecule has 2 rings (SSSR count). The van der Waals surface area contributed by atoms with Crippen LogP contribution in [0, 0.1) is 0 Å². The first-order valence-electron chi connectivity index (χ1n) is 5.86. The van der Waals surface area contributed by atoms with Gasteiger partial charge < -0.3 is 15.7 Å². The molecule has 9 nitrogen and oxygen atoms in total. The van der Waals surface area contributed by atoms with Crippen LogP contribution in [-0.2, 0) is 21.2 Å². The van der Waals surface area contributed by atoms with Crippen LogP contribution in [-0.4, -0.2) is 52.9 Å². The summed E-state index contributed by atoms with van der Waals surface area (Å²) < 4.78 is 23.7. The zero-order valence-corrected chi connectivity index (χ0v) is 11.3. The summed E-state index contributed by atoms with van der Waals surface area (Å²) in [4.78, 5) is 22.1. The van der Waals surface area contributed by atoms with Crippen molar-refractivity contribution >= 4 is 27.5 Å². The molecule has 0 aliphatic carbocycles. The molecule has 0 bridgehead atoms. The number of rotatable bonds is 4. The molecule has 1 aromatic heterocycles. The SMILES string of the molecule is O=C(O)Cn1cc(NC(=O)NC2CCS(=O)(=O)C2)cn1. The summed E-state index contributed by atoms with van der Waals surface area (Å²) in [5.74, 6) is -1.02. The van der Waals surface area contributed by atoms with E-state index < -0.39 is 27.9 Å². The van der Waals surface area contributed by atoms with Crippen LogP contribution >= 0.6 is 0 Å². The third-order valence-electron chi connectivity index (χ3n) is 2.76. The van der Waals surface area contributed by atoms with Crippen LogP contribution in [0.3, 0.4) is 0 Å². The molecule has 2 heterocycles. The minimum Gasteiger partial charge on any atom is -0.480 e. The van der Waals surface area contributed by atoms with Gasteiger partial charge in [0.2, 0.25) is 0 Å². The van der Waals surface area contributed by atoms with Crippen molar-refractivity contribution in [3.8, 4) is 0 Å². The van der Waals surface area contributed by atoms with Crippen LogP contribution in [0.4, 0.5) is 10.5 Å². The fourth-order valence-corrected chi connectivity index (χ4v) is 3.59. The van der Waals surface area contributed by atoms with Crippen molar-refractivity contribution in [1.29, 1.82) is 0 Å². The van der Waals surface area contributed by atoms with Gasteiger partial charge in [0.1, 0.15) is 6.54 Å². The van der Waals surface area contributed by atoms with E-state index in [1.165, 1.54) is 12.4 Å². The van der Waals surface area contributed by atoms with Crippen LogP contribution in [0.1, 0.15) is 6.42 Å². The number of sulfone groups is 1. The predicted octanol–water partition coefficient (Wildman–Crippen LogP) is -0.724. The van der Waals surface area contributed by atoms with E-state index in [-0.39, 0.29) is 18.1 Å². The number of aliphatic carboxylic acids is 1. The number of carbonyl (C=O) groups excluding carboxylic acids is 1. The summed E-state index contributed by atoms with van der Waals surface area (Å²) in [6, 6.07) is -0.934. The highest BCUT2D eigenvalue weighted by atomic mass is 32.2. The molecular weight excluding hydrogens is 288 g/mol. The molecule has 1 atom stereocenters. The first-order chi connectivity index (χ1) is 9.34. The van der Waals surface area contributed by atoms with Gasteiger partial charge >= 0.3 is 12.0 Å². The number of anilines is 1. The van der Waals surface area contributed by atoms with Gasteiger partial charge in [0.25, 0.3) is 0 Å². The maximum atomic E-state index is 11.6. The van der Waals surface area contributed by atoms with E-state index in [2.05, 4.69) is 15.7 Å². The zero-order valence-electron chi connectivity index (χ0n) is 10.4. The summed E-state index contributed by atoms with van der Waals surface area (Å²) >= 11 is 0. The van der Waals surface area contributed by atoms with Crippen LogP contribution < -0.4 is 10.6 Å². The van der Waals surface area contributed by atoms with E-state index in [0.717, 1.165) is 4.68 Å². The fourth-order valence-electron chi connectivity index (χ4n) is 1.91. The van der Waals surface area contributed by atoms with E-state index >= 15 is 0 Å². The lowest BCUT2D eigenvalue weighted by Gasteiger charge is -2.10. The maximum Gasteiger partial charge on any atom is 0.325 e. The summed E-state index contributed by atoms with van der Waals surface area (Å²) in [6.45, 7) is -0.301. The smallest absolute Gasteiger partial charge is 0.325 e. The van der Waals surface area contributed by atoms with E-state index in [0.29, 0.717) is 12.1 Å². The molecule has 0 spiro atoms. The van der Waals surface area contributed by atoms with Crippen LogP contribution in [0.25, 0.3) is 0 Å². The van der Waals surface area contributed by atoms with Gasteiger partial charge in [-0.1, -0.05) is 0 Å². The van der Waals surface area contributed by atoms with Crippen molar-refractivity contribution < 1.29 is 23.1 Å². The van der Waals surface area contributed by atoms with Crippen molar-refractivity contribution in [1.82, 2.24) is 15.1 Å². The summed E-state index contributed by atoms with van der Waals surface area (Å²) in [6.07, 6.45) is 3.08. The molecule has 1 aromatic rings. The molecule has 0 radical (unpaired) electrons. The van der Waals surface area contributed by atoms with Crippen molar-refractivity contribution in [3.05, 3.63) is 12.4 Å². The van der Waals surface area contributed by atoms with Crippen LogP contribution in [0.2, 0.25) is 0 Å². The van der Waals surface area contributed by atoms with E-state index in [1.807, 2.05) is 0 Å². The number of aromatic nitrogens is 2. The average Bonchev–Trinajstić information content (AvgIpc) is 2.85. The third-order valence-corrected chi connectivity index (χ3v) is 4.52. The number of carbonyl (C=O) groups is 2. The Morgan fingerprint density at radius 2 is 2.25 bits per heavy atom. The standard InChI is InChI=1S/C10H14N4O5S/c15-9(16)5-14-4-8(3-11-14)13-10(17)12-7-1-2-20(18,19)6-7/h3-4,7H,1-2,5-6H2,(H,15,16)(H2,12,13,17). The van der Waals surface area contributed by atoms with E-state index in [4.69, 9.17) is 5.11 Å². The topological polar surface area (TPSA) is 130 Å². The highest BCUT2D eigenvalue weighted by Crippen LogP contribution is 2.11. The molecule has 1 saturated heterocycles. The number of urea groups is 1. The second-order valence-electron chi connectivity index (χ2n) is 4.52. The van der Waals surface area contributed by atoms with E-state index in [1.54, 1.807) is 0 Å². The first-order valence-corrected chi connectivity index (χ1v) is 7.68. The van der Waals surface area contributed by atoms with Gasteiger partial charge in [0, 0.05) is 12.2 Å². The quantitative estimate of drug-likeness (QED) is 0.672. The Hall–Kier alpha value is -2.10. The van der Waals surface area contributed by atoms with Gasteiger partial charge in [0.15, 0.2) is 9.84 Å². The summed E-state index contributed by atoms with van der Waals surface area (Å²) in [5, 5.41) is 17.4. The number of carboxylic acid groups (broad SMARTS) is 1. The number of amides is 2. The van der Waals surface area contributed by atoms with Gasteiger partial charge in [-0.15, -0.1) is 0 Å². The van der Waals surface area contributed by atoms with Gasteiger partial charge in [-0.25, -0.2) is 13.2 Å². The Labute approximate surface area is 114 Å². The fraction of sp³-hybridized carbons (Fsp3) is 0.500. The molecule has 0 saturated carbocycles. The highest BCUT2D eigenvalue weighted by molar-refractivity contribution is 7.91. The zero-order chi connectivity index (χ0) is 14.8. The van der Waals surface area contributed by atoms with Gasteiger partial charge in [-0.05, 0) is 6.42 Å². The first kappa shape index (κ1) is 14.3. The van der Waals surface area contributed by atoms with Crippen molar-refractivity contribution in [2.75, 3.05) is 16.8 Å². The molecule has 3 N–H and O–H groups in total. The number of nitrogens with zero attached hydrogens (tertiary/aromatic N) is 2. The Balaban J connectivity index is 1.85. The number of hydrogen-bond donors (Lipinski definition) is 3. The second-order valence-corrected chi connectivity index (χ2v) is 6.75. The monoisotopic (exact) mass is 302 g/mol. The van der Waals surface area contributed by atoms with Gasteiger partial charge in [0.05, 0.1) is 23.4 Å². The van der Waals surface area contributed by atoms with Crippen molar-refractivity contribution in [2.24, 2.45) is 0 Å². The predicted molar refractivity (Wildman–Crippen MR) is 69.1 cm³/mol. The van der Waals surface area contributed by atoms with Gasteiger partial charge in [-0.2, -0.15) is 5.10 Å². The minimum atomic E-state index is -3.05. The Morgan fingerprint density at radius 3 is 2.85 bits per heavy atom. The van der Waals surface area contributed by atoms with Crippen molar-refractivity contribution in [2.45, 2.75) is 19.0 Å². The number of carboxylic acids is 1. The number of nitrogens with one attached hydrogen (secondary N) is 2. The largest absolute Gasteiger partial charge is 0.480 e. The molecule has 1 unspecified atom stereocenters. The Bertz CT molecular complexity index is 623. The molecule has 1 fully saturated rings.